The van der Waals surface area contributed by atoms with Crippen molar-refractivity contribution in [2.45, 2.75) is 19.6 Å². The van der Waals surface area contributed by atoms with Gasteiger partial charge in [-0.1, -0.05) is 30.3 Å². The molecule has 0 aliphatic rings. The van der Waals surface area contributed by atoms with E-state index in [0.717, 1.165) is 17.2 Å². The number of hydrogen-bond acceptors (Lipinski definition) is 5. The van der Waals surface area contributed by atoms with Crippen molar-refractivity contribution in [2.75, 3.05) is 13.7 Å². The predicted molar refractivity (Wildman–Crippen MR) is 113 cm³/mol. The highest BCUT2D eigenvalue weighted by Crippen LogP contribution is 2.26. The lowest BCUT2D eigenvalue weighted by Gasteiger charge is -2.10. The van der Waals surface area contributed by atoms with Crippen LogP contribution in [0, 0.1) is 5.82 Å². The zero-order valence-electron chi connectivity index (χ0n) is 17.4. The quantitative estimate of drug-likeness (QED) is 0.532. The van der Waals surface area contributed by atoms with E-state index in [9.17, 15) is 14.0 Å². The van der Waals surface area contributed by atoms with Crippen LogP contribution in [0.15, 0.2) is 54.7 Å². The van der Waals surface area contributed by atoms with Crippen LogP contribution in [0.5, 0.6) is 0 Å². The molecule has 8 heteroatoms. The van der Waals surface area contributed by atoms with Gasteiger partial charge in [-0.2, -0.15) is 5.10 Å². The number of ether oxygens (including phenoxy) is 2. The number of benzene rings is 2. The van der Waals surface area contributed by atoms with Crippen LogP contribution >= 0.6 is 0 Å². The van der Waals surface area contributed by atoms with Gasteiger partial charge in [0.05, 0.1) is 24.9 Å². The first kappa shape index (κ1) is 22.2. The number of nitrogens with one attached hydrogen (secondary N) is 1. The van der Waals surface area contributed by atoms with E-state index in [1.807, 2.05) is 30.3 Å². The number of rotatable bonds is 9. The van der Waals surface area contributed by atoms with Crippen molar-refractivity contribution in [3.05, 3.63) is 77.2 Å². The molecule has 3 rings (SSSR count). The third kappa shape index (κ3) is 5.99. The highest BCUT2D eigenvalue weighted by molar-refractivity contribution is 5.95. The first-order valence-electron chi connectivity index (χ1n) is 9.76. The van der Waals surface area contributed by atoms with E-state index >= 15 is 0 Å². The Balaban J connectivity index is 1.59. The average Bonchev–Trinajstić information content (AvgIpc) is 3.13. The van der Waals surface area contributed by atoms with E-state index in [0.29, 0.717) is 17.9 Å². The highest BCUT2D eigenvalue weighted by Gasteiger charge is 2.16. The number of amides is 1. The van der Waals surface area contributed by atoms with E-state index in [1.54, 1.807) is 31.1 Å². The van der Waals surface area contributed by atoms with E-state index in [4.69, 9.17) is 9.47 Å². The second kappa shape index (κ2) is 10.5. The monoisotopic (exact) mass is 425 g/mol. The fraction of sp³-hybridized carbons (Fsp3) is 0.261. The number of carbonyl (C=O) groups excluding carboxylic acids is 2. The summed E-state index contributed by atoms with van der Waals surface area (Å²) in [5.41, 5.74) is 3.00. The van der Waals surface area contributed by atoms with Gasteiger partial charge in [0, 0.05) is 37.4 Å². The normalized spacial score (nSPS) is 10.7. The van der Waals surface area contributed by atoms with Crippen LogP contribution in [-0.2, 0) is 34.5 Å². The summed E-state index contributed by atoms with van der Waals surface area (Å²) in [6.45, 7) is 0.570. The molecule has 31 heavy (non-hydrogen) atoms. The van der Waals surface area contributed by atoms with Crippen LogP contribution in [0.25, 0.3) is 11.3 Å². The summed E-state index contributed by atoms with van der Waals surface area (Å²) in [5.74, 6) is -1.45. The van der Waals surface area contributed by atoms with Crippen molar-refractivity contribution >= 4 is 11.9 Å². The number of carbonyl (C=O) groups is 2. The average molecular weight is 425 g/mol. The zero-order valence-corrected chi connectivity index (χ0v) is 17.4. The molecule has 1 aromatic heterocycles. The summed E-state index contributed by atoms with van der Waals surface area (Å²) in [6, 6.07) is 13.4. The van der Waals surface area contributed by atoms with E-state index in [-0.39, 0.29) is 25.1 Å². The van der Waals surface area contributed by atoms with Crippen molar-refractivity contribution in [2.24, 2.45) is 7.05 Å². The minimum atomic E-state index is -0.547. The minimum absolute atomic E-state index is 0.0143. The van der Waals surface area contributed by atoms with E-state index in [2.05, 4.69) is 10.4 Å². The van der Waals surface area contributed by atoms with Crippen molar-refractivity contribution in [3.63, 3.8) is 0 Å². The summed E-state index contributed by atoms with van der Waals surface area (Å²) in [5, 5.41) is 6.81. The topological polar surface area (TPSA) is 82.5 Å². The Morgan fingerprint density at radius 2 is 1.90 bits per heavy atom. The number of hydrogen-bond donors (Lipinski definition) is 1. The molecule has 0 bridgehead atoms. The molecule has 2 aromatic carbocycles. The standard InChI is InChI=1S/C23H24FN3O4/c1-27-22(19(13-26-27)15-30-2)17-10-18(12-20(24)11-17)23(29)25-9-8-21(28)31-14-16-6-4-3-5-7-16/h3-7,10-13H,8-9,14-15H2,1-2H3,(H,25,29). The molecule has 1 N–H and O–H groups in total. The highest BCUT2D eigenvalue weighted by atomic mass is 19.1. The van der Waals surface area contributed by atoms with Gasteiger partial charge in [0.15, 0.2) is 0 Å². The lowest BCUT2D eigenvalue weighted by Crippen LogP contribution is -2.26. The fourth-order valence-corrected chi connectivity index (χ4v) is 3.16. The maximum atomic E-state index is 14.2. The van der Waals surface area contributed by atoms with Gasteiger partial charge in [-0.25, -0.2) is 4.39 Å². The molecule has 0 radical (unpaired) electrons. The minimum Gasteiger partial charge on any atom is -0.461 e. The van der Waals surface area contributed by atoms with Crippen molar-refractivity contribution in [1.82, 2.24) is 15.1 Å². The smallest absolute Gasteiger partial charge is 0.307 e. The molecule has 0 aliphatic carbocycles. The van der Waals surface area contributed by atoms with Gasteiger partial charge in [-0.3, -0.25) is 14.3 Å². The van der Waals surface area contributed by atoms with Crippen LogP contribution in [0.3, 0.4) is 0 Å². The van der Waals surface area contributed by atoms with Gasteiger partial charge in [0.2, 0.25) is 0 Å². The molecule has 0 aliphatic heterocycles. The molecule has 0 atom stereocenters. The maximum Gasteiger partial charge on any atom is 0.307 e. The third-order valence-corrected chi connectivity index (χ3v) is 4.61. The molecular weight excluding hydrogens is 401 g/mol. The summed E-state index contributed by atoms with van der Waals surface area (Å²) in [6.07, 6.45) is 1.66. The molecule has 3 aromatic rings. The molecule has 7 nitrogen and oxygen atoms in total. The van der Waals surface area contributed by atoms with Crippen LogP contribution in [0.4, 0.5) is 4.39 Å². The Kier molecular flexibility index (Phi) is 7.50. The molecule has 1 heterocycles. The second-order valence-electron chi connectivity index (χ2n) is 6.96. The van der Waals surface area contributed by atoms with Gasteiger partial charge >= 0.3 is 5.97 Å². The first-order chi connectivity index (χ1) is 15.0. The van der Waals surface area contributed by atoms with Crippen LogP contribution in [0.1, 0.15) is 27.9 Å². The van der Waals surface area contributed by atoms with Crippen molar-refractivity contribution < 1.29 is 23.5 Å². The number of esters is 1. The second-order valence-corrected chi connectivity index (χ2v) is 6.96. The molecule has 162 valence electrons. The molecule has 0 unspecified atom stereocenters. The third-order valence-electron chi connectivity index (χ3n) is 4.61. The lowest BCUT2D eigenvalue weighted by atomic mass is 10.0. The summed E-state index contributed by atoms with van der Waals surface area (Å²) < 4.78 is 26.2. The molecule has 0 saturated heterocycles. The fourth-order valence-electron chi connectivity index (χ4n) is 3.16. The molecular formula is C23H24FN3O4. The SMILES string of the molecule is COCc1cnn(C)c1-c1cc(F)cc(C(=O)NCCC(=O)OCc2ccccc2)c1. The number of halogens is 1. The number of nitrogens with zero attached hydrogens (tertiary/aromatic N) is 2. The van der Waals surface area contributed by atoms with Gasteiger partial charge < -0.3 is 14.8 Å². The number of aryl methyl sites for hydroxylation is 1. The van der Waals surface area contributed by atoms with E-state index < -0.39 is 17.7 Å². The van der Waals surface area contributed by atoms with E-state index in [1.165, 1.54) is 6.07 Å². The van der Waals surface area contributed by atoms with Gasteiger partial charge in [0.1, 0.15) is 12.4 Å². The van der Waals surface area contributed by atoms with Crippen LogP contribution < -0.4 is 5.32 Å². The van der Waals surface area contributed by atoms with Crippen molar-refractivity contribution in [1.29, 1.82) is 0 Å². The number of methoxy groups -OCH3 is 1. The lowest BCUT2D eigenvalue weighted by molar-refractivity contribution is -0.144. The summed E-state index contributed by atoms with van der Waals surface area (Å²) in [7, 11) is 3.30. The van der Waals surface area contributed by atoms with Crippen LogP contribution in [-0.4, -0.2) is 35.3 Å². The Morgan fingerprint density at radius 3 is 2.65 bits per heavy atom. The molecule has 0 spiro atoms. The Hall–Kier alpha value is -3.52. The summed E-state index contributed by atoms with van der Waals surface area (Å²) >= 11 is 0. The Bertz CT molecular complexity index is 1050. The molecule has 0 saturated carbocycles. The Morgan fingerprint density at radius 1 is 1.13 bits per heavy atom. The zero-order chi connectivity index (χ0) is 22.2. The predicted octanol–water partition coefficient (Wildman–Crippen LogP) is 3.24. The summed E-state index contributed by atoms with van der Waals surface area (Å²) in [4.78, 5) is 24.4. The number of aromatic nitrogens is 2. The molecule has 1 amide bonds. The van der Waals surface area contributed by atoms with Crippen molar-refractivity contribution in [3.8, 4) is 11.3 Å². The Labute approximate surface area is 179 Å². The van der Waals surface area contributed by atoms with Crippen LogP contribution in [0.2, 0.25) is 0 Å². The van der Waals surface area contributed by atoms with Gasteiger partial charge in [0.25, 0.3) is 5.91 Å². The van der Waals surface area contributed by atoms with Gasteiger partial charge in [-0.05, 0) is 23.8 Å². The van der Waals surface area contributed by atoms with Gasteiger partial charge in [-0.15, -0.1) is 0 Å². The molecule has 0 fully saturated rings. The largest absolute Gasteiger partial charge is 0.461 e. The first-order valence-corrected chi connectivity index (χ1v) is 9.76. The maximum absolute atomic E-state index is 14.2.